The van der Waals surface area contributed by atoms with Crippen LogP contribution in [0, 0.1) is 13.8 Å². The van der Waals surface area contributed by atoms with E-state index in [-0.39, 0.29) is 0 Å². The molecule has 1 aromatic heterocycles. The first kappa shape index (κ1) is 9.98. The molecule has 2 aromatic rings. The molecule has 2 rings (SSSR count). The van der Waals surface area contributed by atoms with Crippen LogP contribution in [0.15, 0.2) is 20.1 Å². The lowest BCUT2D eigenvalue weighted by molar-refractivity contribution is 0.460. The minimum Gasteiger partial charge on any atom is -0.372 e. The molecule has 1 N–H and O–H groups in total. The number of halogens is 1. The van der Waals surface area contributed by atoms with Crippen molar-refractivity contribution in [2.24, 2.45) is 0 Å². The highest BCUT2D eigenvalue weighted by atomic mass is 35.5. The SMILES string of the molecule is Cc1cc2[nH]c(=O)oc(=O)c2c(C)c1Cl. The zero-order valence-electron chi connectivity index (χ0n) is 8.18. The van der Waals surface area contributed by atoms with Gasteiger partial charge in [0.05, 0.1) is 10.9 Å². The van der Waals surface area contributed by atoms with Crippen LogP contribution in [0.4, 0.5) is 0 Å². The Balaban J connectivity index is 3.13. The van der Waals surface area contributed by atoms with Gasteiger partial charge in [0.25, 0.3) is 0 Å². The molecule has 1 aromatic carbocycles. The summed E-state index contributed by atoms with van der Waals surface area (Å²) in [5.74, 6) is -0.756. The Morgan fingerprint density at radius 1 is 1.33 bits per heavy atom. The summed E-state index contributed by atoms with van der Waals surface area (Å²) in [6.07, 6.45) is 0. The second kappa shape index (κ2) is 3.24. The number of aromatic amines is 1. The molecule has 0 fully saturated rings. The van der Waals surface area contributed by atoms with E-state index in [4.69, 9.17) is 11.6 Å². The molecule has 1 heterocycles. The summed E-state index contributed by atoms with van der Waals surface area (Å²) in [6, 6.07) is 1.66. The van der Waals surface area contributed by atoms with Crippen LogP contribution in [-0.4, -0.2) is 4.98 Å². The van der Waals surface area contributed by atoms with Crippen LogP contribution < -0.4 is 11.4 Å². The first-order valence-electron chi connectivity index (χ1n) is 4.33. The lowest BCUT2D eigenvalue weighted by Crippen LogP contribution is -2.15. The predicted octanol–water partition coefficient (Wildman–Crippen LogP) is 1.75. The van der Waals surface area contributed by atoms with Gasteiger partial charge in [-0.1, -0.05) is 11.6 Å². The Morgan fingerprint density at radius 2 is 2.00 bits per heavy atom. The molecule has 0 amide bonds. The normalized spacial score (nSPS) is 10.9. The van der Waals surface area contributed by atoms with Crippen molar-refractivity contribution in [3.8, 4) is 0 Å². The molecule has 4 nitrogen and oxygen atoms in total. The fourth-order valence-corrected chi connectivity index (χ4v) is 1.74. The third kappa shape index (κ3) is 1.47. The van der Waals surface area contributed by atoms with Gasteiger partial charge in [-0.3, -0.25) is 4.98 Å². The van der Waals surface area contributed by atoms with E-state index >= 15 is 0 Å². The minimum atomic E-state index is -0.756. The smallest absolute Gasteiger partial charge is 0.372 e. The highest BCUT2D eigenvalue weighted by Crippen LogP contribution is 2.25. The maximum Gasteiger partial charge on any atom is 0.419 e. The summed E-state index contributed by atoms with van der Waals surface area (Å²) in [5, 5.41) is 0.840. The van der Waals surface area contributed by atoms with E-state index in [9.17, 15) is 9.59 Å². The monoisotopic (exact) mass is 225 g/mol. The standard InChI is InChI=1S/C10H8ClNO3/c1-4-3-6-7(5(2)8(4)11)9(13)15-10(14)12-6/h3H,1-2H3,(H,12,14). The Bertz CT molecular complexity index is 654. The molecule has 0 atom stereocenters. The van der Waals surface area contributed by atoms with E-state index in [1.165, 1.54) is 0 Å². The van der Waals surface area contributed by atoms with E-state index < -0.39 is 11.4 Å². The number of nitrogens with one attached hydrogen (secondary N) is 1. The van der Waals surface area contributed by atoms with Gasteiger partial charge in [0.15, 0.2) is 0 Å². The molecule has 15 heavy (non-hydrogen) atoms. The Kier molecular flexibility index (Phi) is 2.16. The average Bonchev–Trinajstić information content (AvgIpc) is 2.13. The third-order valence-electron chi connectivity index (χ3n) is 2.31. The van der Waals surface area contributed by atoms with Gasteiger partial charge in [-0.25, -0.2) is 9.59 Å². The summed E-state index contributed by atoms with van der Waals surface area (Å²) in [5.41, 5.74) is 1.23. The summed E-state index contributed by atoms with van der Waals surface area (Å²) in [6.45, 7) is 3.52. The fourth-order valence-electron chi connectivity index (χ4n) is 1.59. The number of hydrogen-bond acceptors (Lipinski definition) is 3. The molecular weight excluding hydrogens is 218 g/mol. The largest absolute Gasteiger partial charge is 0.419 e. The Hall–Kier alpha value is -1.55. The van der Waals surface area contributed by atoms with Crippen molar-refractivity contribution in [3.05, 3.63) is 43.2 Å². The fraction of sp³-hybridized carbons (Fsp3) is 0.200. The molecular formula is C10H8ClNO3. The van der Waals surface area contributed by atoms with Crippen LogP contribution in [0.1, 0.15) is 11.1 Å². The van der Waals surface area contributed by atoms with Crippen molar-refractivity contribution in [3.63, 3.8) is 0 Å². The molecule has 0 spiro atoms. The third-order valence-corrected chi connectivity index (χ3v) is 2.89. The zero-order valence-corrected chi connectivity index (χ0v) is 8.94. The summed E-state index contributed by atoms with van der Waals surface area (Å²) in [7, 11) is 0. The maximum absolute atomic E-state index is 11.4. The Labute approximate surface area is 89.5 Å². The molecule has 0 aliphatic carbocycles. The minimum absolute atomic E-state index is 0.324. The predicted molar refractivity (Wildman–Crippen MR) is 57.6 cm³/mol. The van der Waals surface area contributed by atoms with Gasteiger partial charge in [0.2, 0.25) is 0 Å². The van der Waals surface area contributed by atoms with Gasteiger partial charge in [-0.2, -0.15) is 0 Å². The van der Waals surface area contributed by atoms with Crippen molar-refractivity contribution >= 4 is 22.5 Å². The van der Waals surface area contributed by atoms with E-state index in [0.29, 0.717) is 21.5 Å². The number of benzene rings is 1. The molecule has 0 radical (unpaired) electrons. The quantitative estimate of drug-likeness (QED) is 0.743. The summed E-state index contributed by atoms with van der Waals surface area (Å²) in [4.78, 5) is 24.9. The van der Waals surface area contributed by atoms with E-state index in [1.807, 2.05) is 6.92 Å². The van der Waals surface area contributed by atoms with Crippen molar-refractivity contribution in [1.29, 1.82) is 0 Å². The lowest BCUT2D eigenvalue weighted by Gasteiger charge is -2.05. The van der Waals surface area contributed by atoms with Crippen molar-refractivity contribution < 1.29 is 4.42 Å². The van der Waals surface area contributed by atoms with Crippen LogP contribution in [-0.2, 0) is 0 Å². The lowest BCUT2D eigenvalue weighted by atomic mass is 10.1. The van der Waals surface area contributed by atoms with Crippen LogP contribution in [0.25, 0.3) is 10.9 Å². The Morgan fingerprint density at radius 3 is 2.67 bits per heavy atom. The number of H-pyrrole nitrogens is 1. The van der Waals surface area contributed by atoms with E-state index in [0.717, 1.165) is 5.56 Å². The molecule has 5 heteroatoms. The van der Waals surface area contributed by atoms with Crippen molar-refractivity contribution in [2.75, 3.05) is 0 Å². The van der Waals surface area contributed by atoms with Crippen LogP contribution >= 0.6 is 11.6 Å². The first-order valence-corrected chi connectivity index (χ1v) is 4.71. The van der Waals surface area contributed by atoms with Crippen LogP contribution in [0.3, 0.4) is 0 Å². The average molecular weight is 226 g/mol. The van der Waals surface area contributed by atoms with Gasteiger partial charge < -0.3 is 4.42 Å². The number of hydrogen-bond donors (Lipinski definition) is 1. The van der Waals surface area contributed by atoms with Crippen molar-refractivity contribution in [2.45, 2.75) is 13.8 Å². The van der Waals surface area contributed by atoms with Gasteiger partial charge in [-0.05, 0) is 31.0 Å². The highest BCUT2D eigenvalue weighted by molar-refractivity contribution is 6.33. The molecule has 0 unspecified atom stereocenters. The maximum atomic E-state index is 11.4. The molecule has 0 aliphatic rings. The second-order valence-electron chi connectivity index (χ2n) is 3.36. The molecule has 0 aliphatic heterocycles. The summed E-state index contributed by atoms with van der Waals surface area (Å²) >= 11 is 6.00. The van der Waals surface area contributed by atoms with E-state index in [2.05, 4.69) is 9.40 Å². The zero-order chi connectivity index (χ0) is 11.2. The highest BCUT2D eigenvalue weighted by Gasteiger charge is 2.10. The molecule has 0 saturated carbocycles. The van der Waals surface area contributed by atoms with Gasteiger partial charge in [0.1, 0.15) is 0 Å². The first-order chi connectivity index (χ1) is 7.00. The number of aryl methyl sites for hydroxylation is 2. The number of aromatic nitrogens is 1. The number of fused-ring (bicyclic) bond motifs is 1. The van der Waals surface area contributed by atoms with Gasteiger partial charge in [0, 0.05) is 5.02 Å². The topological polar surface area (TPSA) is 63.1 Å². The summed E-state index contributed by atoms with van der Waals surface area (Å²) < 4.78 is 4.44. The molecule has 78 valence electrons. The van der Waals surface area contributed by atoms with Crippen molar-refractivity contribution in [1.82, 2.24) is 4.98 Å². The van der Waals surface area contributed by atoms with E-state index in [1.54, 1.807) is 13.0 Å². The van der Waals surface area contributed by atoms with Gasteiger partial charge >= 0.3 is 11.4 Å². The van der Waals surface area contributed by atoms with Crippen LogP contribution in [0.2, 0.25) is 5.02 Å². The van der Waals surface area contributed by atoms with Gasteiger partial charge in [-0.15, -0.1) is 0 Å². The number of rotatable bonds is 0. The second-order valence-corrected chi connectivity index (χ2v) is 3.73. The molecule has 0 bridgehead atoms. The van der Waals surface area contributed by atoms with Crippen LogP contribution in [0.5, 0.6) is 0 Å². The molecule has 0 saturated heterocycles.